The van der Waals surface area contributed by atoms with E-state index in [0.29, 0.717) is 25.0 Å². The van der Waals surface area contributed by atoms with Gasteiger partial charge in [-0.15, -0.1) is 0 Å². The van der Waals surface area contributed by atoms with Crippen LogP contribution in [-0.2, 0) is 14.3 Å². The molecule has 1 saturated heterocycles. The first-order valence-corrected chi connectivity index (χ1v) is 7.26. The third kappa shape index (κ3) is 4.44. The van der Waals surface area contributed by atoms with Crippen LogP contribution in [0.15, 0.2) is 0 Å². The van der Waals surface area contributed by atoms with Gasteiger partial charge in [-0.3, -0.25) is 4.79 Å². The van der Waals surface area contributed by atoms with Gasteiger partial charge in [-0.25, -0.2) is 0 Å². The van der Waals surface area contributed by atoms with Gasteiger partial charge in [0.25, 0.3) is 0 Å². The topological polar surface area (TPSA) is 73.6 Å². The Morgan fingerprint density at radius 1 is 1.53 bits per heavy atom. The molecule has 110 valence electrons. The molecular weight excluding hydrogens is 244 g/mol. The predicted octanol–water partition coefficient (Wildman–Crippen LogP) is 0.814. The van der Waals surface area contributed by atoms with Crippen LogP contribution in [0.2, 0.25) is 0 Å². The lowest BCUT2D eigenvalue weighted by Crippen LogP contribution is -2.55. The molecule has 5 nitrogen and oxygen atoms in total. The van der Waals surface area contributed by atoms with E-state index in [1.54, 1.807) is 0 Å². The van der Waals surface area contributed by atoms with Crippen molar-refractivity contribution >= 4 is 5.91 Å². The fourth-order valence-electron chi connectivity index (χ4n) is 2.56. The summed E-state index contributed by atoms with van der Waals surface area (Å²) in [5, 5.41) is 3.35. The van der Waals surface area contributed by atoms with Crippen LogP contribution in [0.3, 0.4) is 0 Å². The zero-order valence-electron chi connectivity index (χ0n) is 12.0. The molecule has 1 saturated carbocycles. The maximum atomic E-state index is 11.7. The number of nitrogens with two attached hydrogens (primary N) is 1. The largest absolute Gasteiger partial charge is 0.381 e. The summed E-state index contributed by atoms with van der Waals surface area (Å²) >= 11 is 0. The smallest absolute Gasteiger partial charge is 0.237 e. The quantitative estimate of drug-likeness (QED) is 0.684. The summed E-state index contributed by atoms with van der Waals surface area (Å²) in [4.78, 5) is 11.7. The average molecular weight is 270 g/mol. The van der Waals surface area contributed by atoms with Gasteiger partial charge >= 0.3 is 0 Å². The molecule has 3 N–H and O–H groups in total. The Labute approximate surface area is 115 Å². The van der Waals surface area contributed by atoms with Crippen LogP contribution < -0.4 is 11.1 Å². The van der Waals surface area contributed by atoms with Crippen molar-refractivity contribution in [2.75, 3.05) is 19.8 Å². The molecule has 0 radical (unpaired) electrons. The van der Waals surface area contributed by atoms with E-state index in [1.807, 2.05) is 13.8 Å². The van der Waals surface area contributed by atoms with Gasteiger partial charge in [-0.05, 0) is 33.1 Å². The third-order valence-corrected chi connectivity index (χ3v) is 3.98. The maximum Gasteiger partial charge on any atom is 0.237 e. The Hall–Kier alpha value is -0.650. The number of nitrogens with one attached hydrogen (secondary N) is 1. The van der Waals surface area contributed by atoms with E-state index in [1.165, 1.54) is 0 Å². The van der Waals surface area contributed by atoms with Crippen LogP contribution >= 0.6 is 0 Å². The average Bonchev–Trinajstić information content (AvgIpc) is 2.99. The number of ether oxygens (including phenoxy) is 2. The molecule has 0 aromatic rings. The molecule has 0 spiro atoms. The number of amides is 1. The van der Waals surface area contributed by atoms with Crippen molar-refractivity contribution in [3.05, 3.63) is 0 Å². The molecule has 1 heterocycles. The summed E-state index contributed by atoms with van der Waals surface area (Å²) in [7, 11) is 0. The summed E-state index contributed by atoms with van der Waals surface area (Å²) in [6.07, 6.45) is 3.98. The van der Waals surface area contributed by atoms with E-state index >= 15 is 0 Å². The van der Waals surface area contributed by atoms with Gasteiger partial charge in [0.1, 0.15) is 0 Å². The molecule has 0 bridgehead atoms. The Kier molecular flexibility index (Phi) is 4.81. The first-order chi connectivity index (χ1) is 8.99. The molecule has 3 atom stereocenters. The fourth-order valence-corrected chi connectivity index (χ4v) is 2.56. The molecule has 1 aliphatic carbocycles. The standard InChI is InChI=1S/C14H26N2O3/c1-10(19-9-11-5-6-18-8-11)7-14(2,13(15)17)16-12-3-4-12/h10-12,16H,3-9H2,1-2H3,(H2,15,17). The van der Waals surface area contributed by atoms with Crippen molar-refractivity contribution in [2.45, 2.75) is 57.2 Å². The van der Waals surface area contributed by atoms with Crippen molar-refractivity contribution in [2.24, 2.45) is 11.7 Å². The predicted molar refractivity (Wildman–Crippen MR) is 72.7 cm³/mol. The van der Waals surface area contributed by atoms with Gasteiger partial charge in [0.2, 0.25) is 5.91 Å². The van der Waals surface area contributed by atoms with Crippen molar-refractivity contribution < 1.29 is 14.3 Å². The second-order valence-corrected chi connectivity index (χ2v) is 6.19. The fraction of sp³-hybridized carbons (Fsp3) is 0.929. The van der Waals surface area contributed by atoms with E-state index in [2.05, 4.69) is 5.32 Å². The molecule has 0 aromatic heterocycles. The number of carbonyl (C=O) groups excluding carboxylic acids is 1. The minimum absolute atomic E-state index is 0.0179. The summed E-state index contributed by atoms with van der Waals surface area (Å²) in [6.45, 7) is 6.22. The molecule has 3 unspecified atom stereocenters. The molecule has 2 fully saturated rings. The normalized spacial score (nSPS) is 28.0. The Morgan fingerprint density at radius 3 is 2.79 bits per heavy atom. The summed E-state index contributed by atoms with van der Waals surface area (Å²) in [5.41, 5.74) is 4.88. The van der Waals surface area contributed by atoms with Gasteiger partial charge in [-0.1, -0.05) is 0 Å². The second-order valence-electron chi connectivity index (χ2n) is 6.19. The van der Waals surface area contributed by atoms with E-state index in [9.17, 15) is 4.79 Å². The minimum Gasteiger partial charge on any atom is -0.381 e. The number of carbonyl (C=O) groups is 1. The van der Waals surface area contributed by atoms with Crippen molar-refractivity contribution in [3.8, 4) is 0 Å². The molecule has 2 aliphatic rings. The lowest BCUT2D eigenvalue weighted by atomic mass is 9.93. The van der Waals surface area contributed by atoms with Crippen molar-refractivity contribution in [1.82, 2.24) is 5.32 Å². The first-order valence-electron chi connectivity index (χ1n) is 7.26. The van der Waals surface area contributed by atoms with Gasteiger partial charge in [0.05, 0.1) is 24.9 Å². The summed E-state index contributed by atoms with van der Waals surface area (Å²) in [5.74, 6) is 0.206. The van der Waals surface area contributed by atoms with E-state index in [4.69, 9.17) is 15.2 Å². The second kappa shape index (κ2) is 6.20. The van der Waals surface area contributed by atoms with E-state index in [0.717, 1.165) is 32.5 Å². The van der Waals surface area contributed by atoms with E-state index in [-0.39, 0.29) is 12.0 Å². The van der Waals surface area contributed by atoms with Crippen molar-refractivity contribution in [3.63, 3.8) is 0 Å². The van der Waals surface area contributed by atoms with E-state index < -0.39 is 5.54 Å². The lowest BCUT2D eigenvalue weighted by Gasteiger charge is -2.30. The van der Waals surface area contributed by atoms with Crippen LogP contribution in [0.5, 0.6) is 0 Å². The molecule has 1 aliphatic heterocycles. The van der Waals surface area contributed by atoms with Gasteiger partial charge < -0.3 is 20.5 Å². The Balaban J connectivity index is 1.76. The van der Waals surface area contributed by atoms with Crippen LogP contribution in [0, 0.1) is 5.92 Å². The number of primary amides is 1. The third-order valence-electron chi connectivity index (χ3n) is 3.98. The minimum atomic E-state index is -0.660. The SMILES string of the molecule is CC(CC(C)(NC1CC1)C(N)=O)OCC1CCOC1. The van der Waals surface area contributed by atoms with Crippen LogP contribution in [0.25, 0.3) is 0 Å². The van der Waals surface area contributed by atoms with Gasteiger partial charge in [0.15, 0.2) is 0 Å². The van der Waals surface area contributed by atoms with Gasteiger partial charge in [-0.2, -0.15) is 0 Å². The zero-order chi connectivity index (χ0) is 13.9. The summed E-state index contributed by atoms with van der Waals surface area (Å²) in [6, 6.07) is 0.452. The maximum absolute atomic E-state index is 11.7. The lowest BCUT2D eigenvalue weighted by molar-refractivity contribution is -0.125. The Bertz CT molecular complexity index is 314. The number of hydrogen-bond acceptors (Lipinski definition) is 4. The highest BCUT2D eigenvalue weighted by Gasteiger charge is 2.38. The number of hydrogen-bond donors (Lipinski definition) is 2. The highest BCUT2D eigenvalue weighted by atomic mass is 16.5. The monoisotopic (exact) mass is 270 g/mol. The molecule has 0 aromatic carbocycles. The van der Waals surface area contributed by atoms with Crippen LogP contribution in [0.4, 0.5) is 0 Å². The molecule has 2 rings (SSSR count). The van der Waals surface area contributed by atoms with Crippen LogP contribution in [-0.4, -0.2) is 43.4 Å². The van der Waals surface area contributed by atoms with Crippen molar-refractivity contribution in [1.29, 1.82) is 0 Å². The summed E-state index contributed by atoms with van der Waals surface area (Å²) < 4.78 is 11.2. The highest BCUT2D eigenvalue weighted by molar-refractivity contribution is 5.84. The molecule has 19 heavy (non-hydrogen) atoms. The van der Waals surface area contributed by atoms with Crippen LogP contribution in [0.1, 0.15) is 39.5 Å². The highest BCUT2D eigenvalue weighted by Crippen LogP contribution is 2.25. The molecular formula is C14H26N2O3. The number of rotatable bonds is 8. The van der Waals surface area contributed by atoms with Gasteiger partial charge in [0, 0.05) is 25.0 Å². The zero-order valence-corrected chi connectivity index (χ0v) is 12.0. The molecule has 5 heteroatoms. The first kappa shape index (κ1) is 14.8. The Morgan fingerprint density at radius 2 is 2.26 bits per heavy atom. The molecule has 1 amide bonds.